The SMILES string of the molecule is CCC(O)(CC)CC=CBr. The van der Waals surface area contributed by atoms with Crippen molar-refractivity contribution in [2.45, 2.75) is 38.7 Å². The second-order valence-electron chi connectivity index (χ2n) is 2.50. The van der Waals surface area contributed by atoms with Crippen LogP contribution >= 0.6 is 15.9 Å². The van der Waals surface area contributed by atoms with E-state index in [0.717, 1.165) is 19.3 Å². The van der Waals surface area contributed by atoms with E-state index in [2.05, 4.69) is 15.9 Å². The lowest BCUT2D eigenvalue weighted by molar-refractivity contribution is 0.0354. The van der Waals surface area contributed by atoms with Gasteiger partial charge in [0.1, 0.15) is 0 Å². The Kier molecular flexibility index (Phi) is 5.00. The Hall–Kier alpha value is 0.180. The summed E-state index contributed by atoms with van der Waals surface area (Å²) >= 11 is 3.17. The van der Waals surface area contributed by atoms with Crippen molar-refractivity contribution >= 4 is 15.9 Å². The molecule has 0 aromatic carbocycles. The highest BCUT2D eigenvalue weighted by molar-refractivity contribution is 9.11. The second-order valence-corrected chi connectivity index (χ2v) is 3.03. The zero-order chi connectivity index (χ0) is 8.04. The van der Waals surface area contributed by atoms with Crippen LogP contribution in [0.15, 0.2) is 11.1 Å². The van der Waals surface area contributed by atoms with Crippen LogP contribution in [-0.4, -0.2) is 10.7 Å². The van der Waals surface area contributed by atoms with Crippen LogP contribution in [0, 0.1) is 0 Å². The van der Waals surface area contributed by atoms with Crippen LogP contribution in [0.3, 0.4) is 0 Å². The molecule has 2 heteroatoms. The van der Waals surface area contributed by atoms with E-state index in [1.807, 2.05) is 19.9 Å². The first-order valence-electron chi connectivity index (χ1n) is 3.66. The maximum absolute atomic E-state index is 9.69. The van der Waals surface area contributed by atoms with Gasteiger partial charge < -0.3 is 5.11 Å². The lowest BCUT2D eigenvalue weighted by atomic mass is 9.94. The van der Waals surface area contributed by atoms with Crippen molar-refractivity contribution in [3.8, 4) is 0 Å². The summed E-state index contributed by atoms with van der Waals surface area (Å²) in [6.07, 6.45) is 4.32. The molecule has 0 aromatic heterocycles. The molecule has 0 bridgehead atoms. The first-order chi connectivity index (χ1) is 4.68. The van der Waals surface area contributed by atoms with E-state index in [4.69, 9.17) is 0 Å². The molecule has 0 heterocycles. The van der Waals surface area contributed by atoms with E-state index in [0.29, 0.717) is 0 Å². The zero-order valence-corrected chi connectivity index (χ0v) is 8.19. The maximum Gasteiger partial charge on any atom is 0.0677 e. The summed E-state index contributed by atoms with van der Waals surface area (Å²) in [5, 5.41) is 9.69. The molecule has 0 aliphatic heterocycles. The molecule has 0 atom stereocenters. The highest BCUT2D eigenvalue weighted by Gasteiger charge is 2.19. The van der Waals surface area contributed by atoms with Crippen molar-refractivity contribution in [3.63, 3.8) is 0 Å². The maximum atomic E-state index is 9.69. The molecule has 0 radical (unpaired) electrons. The topological polar surface area (TPSA) is 20.2 Å². The smallest absolute Gasteiger partial charge is 0.0677 e. The van der Waals surface area contributed by atoms with Gasteiger partial charge in [-0.15, -0.1) is 0 Å². The van der Waals surface area contributed by atoms with Crippen molar-refractivity contribution in [3.05, 3.63) is 11.1 Å². The monoisotopic (exact) mass is 206 g/mol. The summed E-state index contributed by atoms with van der Waals surface area (Å²) in [5.41, 5.74) is -0.482. The molecule has 10 heavy (non-hydrogen) atoms. The molecule has 0 amide bonds. The van der Waals surface area contributed by atoms with Gasteiger partial charge in [0.05, 0.1) is 5.60 Å². The van der Waals surface area contributed by atoms with Crippen LogP contribution in [-0.2, 0) is 0 Å². The molecule has 1 N–H and O–H groups in total. The Balaban J connectivity index is 3.80. The quantitative estimate of drug-likeness (QED) is 0.751. The molecule has 60 valence electrons. The number of hydrogen-bond acceptors (Lipinski definition) is 1. The van der Waals surface area contributed by atoms with Gasteiger partial charge in [0.15, 0.2) is 0 Å². The Labute approximate surface area is 71.3 Å². The second kappa shape index (κ2) is 4.91. The van der Waals surface area contributed by atoms with Crippen LogP contribution in [0.4, 0.5) is 0 Å². The van der Waals surface area contributed by atoms with Crippen LogP contribution in [0.25, 0.3) is 0 Å². The number of halogens is 1. The largest absolute Gasteiger partial charge is 0.390 e. The Morgan fingerprint density at radius 2 is 1.90 bits per heavy atom. The van der Waals surface area contributed by atoms with Crippen molar-refractivity contribution < 1.29 is 5.11 Å². The third-order valence-electron chi connectivity index (χ3n) is 1.90. The zero-order valence-electron chi connectivity index (χ0n) is 6.60. The van der Waals surface area contributed by atoms with Crippen LogP contribution in [0.2, 0.25) is 0 Å². The summed E-state index contributed by atoms with van der Waals surface area (Å²) in [6.45, 7) is 4.01. The van der Waals surface area contributed by atoms with Gasteiger partial charge in [-0.05, 0) is 24.2 Å². The summed E-state index contributed by atoms with van der Waals surface area (Å²) in [4.78, 5) is 1.79. The Morgan fingerprint density at radius 3 is 2.20 bits per heavy atom. The van der Waals surface area contributed by atoms with E-state index in [-0.39, 0.29) is 0 Å². The third kappa shape index (κ3) is 3.37. The minimum atomic E-state index is -0.482. The summed E-state index contributed by atoms with van der Waals surface area (Å²) < 4.78 is 0. The van der Waals surface area contributed by atoms with E-state index in [1.54, 1.807) is 4.99 Å². The number of aliphatic hydroxyl groups is 1. The summed E-state index contributed by atoms with van der Waals surface area (Å²) in [6, 6.07) is 0. The van der Waals surface area contributed by atoms with Gasteiger partial charge in [-0.3, -0.25) is 0 Å². The lowest BCUT2D eigenvalue weighted by Gasteiger charge is -2.22. The van der Waals surface area contributed by atoms with Gasteiger partial charge in [0.2, 0.25) is 0 Å². The average molecular weight is 207 g/mol. The fourth-order valence-corrected chi connectivity index (χ4v) is 0.990. The fraction of sp³-hybridized carbons (Fsp3) is 0.750. The van der Waals surface area contributed by atoms with Crippen LogP contribution in [0.1, 0.15) is 33.1 Å². The van der Waals surface area contributed by atoms with E-state index in [9.17, 15) is 5.11 Å². The molecule has 0 fully saturated rings. The Bertz CT molecular complexity index is 106. The number of rotatable bonds is 4. The molecule has 0 saturated carbocycles. The Morgan fingerprint density at radius 1 is 1.40 bits per heavy atom. The van der Waals surface area contributed by atoms with Crippen molar-refractivity contribution in [1.29, 1.82) is 0 Å². The highest BCUT2D eigenvalue weighted by atomic mass is 79.9. The minimum Gasteiger partial charge on any atom is -0.390 e. The third-order valence-corrected chi connectivity index (χ3v) is 2.28. The molecule has 0 saturated heterocycles. The first kappa shape index (κ1) is 10.2. The molecule has 1 nitrogen and oxygen atoms in total. The normalized spacial score (nSPS) is 12.8. The van der Waals surface area contributed by atoms with Gasteiger partial charge in [-0.1, -0.05) is 35.9 Å². The standard InChI is InChI=1S/C8H15BrO/c1-3-8(10,4-2)6-5-7-9/h5,7,10H,3-4,6H2,1-2H3. The average Bonchev–Trinajstić information content (AvgIpc) is 2.00. The van der Waals surface area contributed by atoms with Gasteiger partial charge in [0, 0.05) is 0 Å². The predicted molar refractivity (Wildman–Crippen MR) is 48.2 cm³/mol. The molecule has 0 aliphatic carbocycles. The van der Waals surface area contributed by atoms with Crippen LogP contribution < -0.4 is 0 Å². The molecule has 0 unspecified atom stereocenters. The first-order valence-corrected chi connectivity index (χ1v) is 4.57. The lowest BCUT2D eigenvalue weighted by Crippen LogP contribution is -2.25. The molecule has 0 rings (SSSR count). The van der Waals surface area contributed by atoms with E-state index >= 15 is 0 Å². The van der Waals surface area contributed by atoms with Gasteiger partial charge in [0.25, 0.3) is 0 Å². The molecular weight excluding hydrogens is 192 g/mol. The van der Waals surface area contributed by atoms with E-state index in [1.165, 1.54) is 0 Å². The van der Waals surface area contributed by atoms with Crippen LogP contribution in [0.5, 0.6) is 0 Å². The number of hydrogen-bond donors (Lipinski definition) is 1. The van der Waals surface area contributed by atoms with Crippen molar-refractivity contribution in [2.24, 2.45) is 0 Å². The molecule has 0 spiro atoms. The predicted octanol–water partition coefficient (Wildman–Crippen LogP) is 2.84. The molecule has 0 aromatic rings. The fourth-order valence-electron chi connectivity index (χ4n) is 0.803. The minimum absolute atomic E-state index is 0.482. The summed E-state index contributed by atoms with van der Waals surface area (Å²) in [5.74, 6) is 0. The molecule has 0 aliphatic rings. The highest BCUT2D eigenvalue weighted by Crippen LogP contribution is 2.19. The van der Waals surface area contributed by atoms with Gasteiger partial charge >= 0.3 is 0 Å². The van der Waals surface area contributed by atoms with E-state index < -0.39 is 5.60 Å². The summed E-state index contributed by atoms with van der Waals surface area (Å²) in [7, 11) is 0. The van der Waals surface area contributed by atoms with Crippen molar-refractivity contribution in [2.75, 3.05) is 0 Å². The molecular formula is C8H15BrO. The van der Waals surface area contributed by atoms with Crippen molar-refractivity contribution in [1.82, 2.24) is 0 Å². The van der Waals surface area contributed by atoms with Gasteiger partial charge in [-0.2, -0.15) is 0 Å². The van der Waals surface area contributed by atoms with Gasteiger partial charge in [-0.25, -0.2) is 0 Å².